The number of sulfonamides is 1. The quantitative estimate of drug-likeness (QED) is 0.803. The number of rotatable bonds is 6. The van der Waals surface area contributed by atoms with Crippen molar-refractivity contribution in [1.82, 2.24) is 4.72 Å². The molecule has 0 fully saturated rings. The van der Waals surface area contributed by atoms with Gasteiger partial charge >= 0.3 is 0 Å². The fourth-order valence-electron chi connectivity index (χ4n) is 1.51. The minimum absolute atomic E-state index is 0.333. The number of halogens is 1. The van der Waals surface area contributed by atoms with E-state index in [1.54, 1.807) is 12.1 Å². The maximum Gasteiger partial charge on any atom is 0.257 e. The smallest absolute Gasteiger partial charge is 0.257 e. The molecule has 0 aliphatic carbocycles. The largest absolute Gasteiger partial charge is 0.493 e. The van der Waals surface area contributed by atoms with Gasteiger partial charge in [-0.3, -0.25) is 4.79 Å². The Morgan fingerprint density at radius 1 is 1.43 bits per heavy atom. The monoisotopic (exact) mass is 333 g/mol. The van der Waals surface area contributed by atoms with E-state index in [-0.39, 0.29) is 0 Å². The summed E-state index contributed by atoms with van der Waals surface area (Å²) in [5, 5.41) is 0.333. The van der Waals surface area contributed by atoms with Gasteiger partial charge in [0.1, 0.15) is 0 Å². The predicted octanol–water partition coefficient (Wildman–Crippen LogP) is 1.84. The van der Waals surface area contributed by atoms with Gasteiger partial charge in [0.25, 0.3) is 5.91 Å². The average Bonchev–Trinajstić information content (AvgIpc) is 2.37. The second kappa shape index (κ2) is 7.33. The first-order valence-corrected chi connectivity index (χ1v) is 8.24. The molecule has 0 radical (unpaired) electrons. The summed E-state index contributed by atoms with van der Waals surface area (Å²) in [5.74, 6) is 0.0911. The van der Waals surface area contributed by atoms with E-state index < -0.39 is 15.9 Å². The van der Waals surface area contributed by atoms with Gasteiger partial charge in [0.05, 0.1) is 25.0 Å². The second-order valence-corrected chi connectivity index (χ2v) is 6.19. The molecule has 1 rings (SSSR count). The number of benzene rings is 1. The van der Waals surface area contributed by atoms with Crippen LogP contribution in [-0.2, 0) is 14.8 Å². The first kappa shape index (κ1) is 17.3. The standard InChI is InChI=1S/C13H16ClNO5S/c1-4-20-13-10(14)7-9(8-11(13)19-2)5-6-12(16)15-21(3,17)18/h5-8H,4H2,1-3H3,(H,15,16). The molecule has 116 valence electrons. The molecule has 1 aromatic rings. The van der Waals surface area contributed by atoms with Gasteiger partial charge in [0, 0.05) is 6.08 Å². The van der Waals surface area contributed by atoms with Gasteiger partial charge in [0.15, 0.2) is 11.5 Å². The Morgan fingerprint density at radius 2 is 2.10 bits per heavy atom. The Bertz CT molecular complexity index is 655. The minimum atomic E-state index is -3.58. The molecule has 0 saturated heterocycles. The zero-order valence-corrected chi connectivity index (χ0v) is 13.4. The Balaban J connectivity index is 3.00. The second-order valence-electron chi connectivity index (χ2n) is 4.04. The summed E-state index contributed by atoms with van der Waals surface area (Å²) in [4.78, 5) is 11.4. The number of amides is 1. The van der Waals surface area contributed by atoms with Crippen LogP contribution in [0.2, 0.25) is 5.02 Å². The summed E-state index contributed by atoms with van der Waals surface area (Å²) in [6.07, 6.45) is 3.41. The number of ether oxygens (including phenoxy) is 2. The number of carbonyl (C=O) groups is 1. The summed E-state index contributed by atoms with van der Waals surface area (Å²) in [6, 6.07) is 3.21. The molecule has 0 atom stereocenters. The van der Waals surface area contributed by atoms with Crippen LogP contribution >= 0.6 is 11.6 Å². The van der Waals surface area contributed by atoms with Crippen LogP contribution in [0.5, 0.6) is 11.5 Å². The first-order chi connectivity index (χ1) is 9.76. The molecular formula is C13H16ClNO5S. The van der Waals surface area contributed by atoms with Gasteiger partial charge in [-0.1, -0.05) is 11.6 Å². The van der Waals surface area contributed by atoms with E-state index in [2.05, 4.69) is 0 Å². The molecule has 21 heavy (non-hydrogen) atoms. The lowest BCUT2D eigenvalue weighted by atomic mass is 10.2. The Hall–Kier alpha value is -1.73. The van der Waals surface area contributed by atoms with E-state index in [0.29, 0.717) is 28.7 Å². The van der Waals surface area contributed by atoms with Gasteiger partial charge in [-0.2, -0.15) is 0 Å². The summed E-state index contributed by atoms with van der Waals surface area (Å²) in [5.41, 5.74) is 0.573. The van der Waals surface area contributed by atoms with Crippen LogP contribution in [0.1, 0.15) is 12.5 Å². The average molecular weight is 334 g/mol. The number of methoxy groups -OCH3 is 1. The van der Waals surface area contributed by atoms with Crippen molar-refractivity contribution >= 4 is 33.6 Å². The number of carbonyl (C=O) groups excluding carboxylic acids is 1. The van der Waals surface area contributed by atoms with Crippen LogP contribution in [0.15, 0.2) is 18.2 Å². The van der Waals surface area contributed by atoms with Crippen LogP contribution < -0.4 is 14.2 Å². The summed E-state index contributed by atoms with van der Waals surface area (Å²) in [7, 11) is -2.11. The molecule has 0 spiro atoms. The molecule has 6 nitrogen and oxygen atoms in total. The lowest BCUT2D eigenvalue weighted by Gasteiger charge is -2.11. The molecule has 0 unspecified atom stereocenters. The third-order valence-electron chi connectivity index (χ3n) is 2.25. The Morgan fingerprint density at radius 3 is 2.62 bits per heavy atom. The molecule has 0 saturated carbocycles. The molecule has 0 bridgehead atoms. The SMILES string of the molecule is CCOc1c(Cl)cc(C=CC(=O)NS(C)(=O)=O)cc1OC. The topological polar surface area (TPSA) is 81.7 Å². The van der Waals surface area contributed by atoms with Gasteiger partial charge in [-0.25, -0.2) is 13.1 Å². The molecule has 0 heterocycles. The maximum atomic E-state index is 11.4. The van der Waals surface area contributed by atoms with Crippen molar-refractivity contribution in [1.29, 1.82) is 0 Å². The maximum absolute atomic E-state index is 11.4. The molecule has 1 amide bonds. The van der Waals surface area contributed by atoms with Gasteiger partial charge in [-0.15, -0.1) is 0 Å². The molecule has 0 aliphatic heterocycles. The van der Waals surface area contributed by atoms with E-state index >= 15 is 0 Å². The first-order valence-electron chi connectivity index (χ1n) is 5.97. The van der Waals surface area contributed by atoms with Crippen molar-refractivity contribution in [3.63, 3.8) is 0 Å². The van der Waals surface area contributed by atoms with E-state index in [1.807, 2.05) is 11.6 Å². The van der Waals surface area contributed by atoms with Gasteiger partial charge in [-0.05, 0) is 30.7 Å². The van der Waals surface area contributed by atoms with Crippen molar-refractivity contribution in [2.45, 2.75) is 6.92 Å². The van der Waals surface area contributed by atoms with Crippen molar-refractivity contribution in [3.8, 4) is 11.5 Å². The molecular weight excluding hydrogens is 318 g/mol. The van der Waals surface area contributed by atoms with Crippen LogP contribution in [0.25, 0.3) is 6.08 Å². The summed E-state index contributed by atoms with van der Waals surface area (Å²) >= 11 is 6.08. The molecule has 1 N–H and O–H groups in total. The molecule has 1 aromatic carbocycles. The third kappa shape index (κ3) is 5.65. The molecule has 0 aliphatic rings. The Kier molecular flexibility index (Phi) is 6.04. The lowest BCUT2D eigenvalue weighted by molar-refractivity contribution is -0.114. The number of hydrogen-bond donors (Lipinski definition) is 1. The lowest BCUT2D eigenvalue weighted by Crippen LogP contribution is -2.27. The predicted molar refractivity (Wildman–Crippen MR) is 81.2 cm³/mol. The van der Waals surface area contributed by atoms with E-state index in [1.165, 1.54) is 13.2 Å². The Labute approximate surface area is 128 Å². The van der Waals surface area contributed by atoms with E-state index in [9.17, 15) is 13.2 Å². The van der Waals surface area contributed by atoms with E-state index in [0.717, 1.165) is 12.3 Å². The highest BCUT2D eigenvalue weighted by molar-refractivity contribution is 7.89. The highest BCUT2D eigenvalue weighted by atomic mass is 35.5. The molecule has 8 heteroatoms. The van der Waals surface area contributed by atoms with Crippen molar-refractivity contribution in [2.24, 2.45) is 0 Å². The zero-order valence-electron chi connectivity index (χ0n) is 11.8. The van der Waals surface area contributed by atoms with Crippen LogP contribution in [0, 0.1) is 0 Å². The third-order valence-corrected chi connectivity index (χ3v) is 3.11. The van der Waals surface area contributed by atoms with Crippen LogP contribution in [0.4, 0.5) is 0 Å². The molecule has 0 aromatic heterocycles. The number of hydrogen-bond acceptors (Lipinski definition) is 5. The summed E-state index contributed by atoms with van der Waals surface area (Å²) in [6.45, 7) is 2.25. The fourth-order valence-corrected chi connectivity index (χ4v) is 2.22. The van der Waals surface area contributed by atoms with Crippen molar-refractivity contribution < 1.29 is 22.7 Å². The highest BCUT2D eigenvalue weighted by Gasteiger charge is 2.11. The van der Waals surface area contributed by atoms with Crippen LogP contribution in [0.3, 0.4) is 0 Å². The van der Waals surface area contributed by atoms with Crippen LogP contribution in [-0.4, -0.2) is 34.3 Å². The normalized spacial score (nSPS) is 11.4. The van der Waals surface area contributed by atoms with E-state index in [4.69, 9.17) is 21.1 Å². The van der Waals surface area contributed by atoms with Gasteiger partial charge < -0.3 is 9.47 Å². The minimum Gasteiger partial charge on any atom is -0.493 e. The van der Waals surface area contributed by atoms with Gasteiger partial charge in [0.2, 0.25) is 10.0 Å². The number of nitrogens with one attached hydrogen (secondary N) is 1. The zero-order chi connectivity index (χ0) is 16.0. The summed E-state index contributed by atoms with van der Waals surface area (Å²) < 4.78 is 34.2. The fraction of sp³-hybridized carbons (Fsp3) is 0.308. The highest BCUT2D eigenvalue weighted by Crippen LogP contribution is 2.36. The van der Waals surface area contributed by atoms with Crippen molar-refractivity contribution in [3.05, 3.63) is 28.8 Å². The van der Waals surface area contributed by atoms with Crippen molar-refractivity contribution in [2.75, 3.05) is 20.0 Å².